The van der Waals surface area contributed by atoms with Gasteiger partial charge in [0.25, 0.3) is 0 Å². The van der Waals surface area contributed by atoms with Crippen molar-refractivity contribution in [2.45, 2.75) is 6.92 Å². The van der Waals surface area contributed by atoms with Crippen molar-refractivity contribution in [3.63, 3.8) is 0 Å². The molecule has 0 aliphatic carbocycles. The molecule has 0 amide bonds. The lowest BCUT2D eigenvalue weighted by atomic mass is 10.1. The predicted molar refractivity (Wildman–Crippen MR) is 94.4 cm³/mol. The Morgan fingerprint density at radius 1 is 0.818 bits per heavy atom. The number of carboxylic acids is 1. The van der Waals surface area contributed by atoms with Gasteiger partial charge >= 0.3 is 5.97 Å². The Kier molecular flexibility index (Phi) is 8.48. The lowest BCUT2D eigenvalue weighted by Gasteiger charge is -1.98. The van der Waals surface area contributed by atoms with Gasteiger partial charge in [-0.05, 0) is 18.1 Å². The summed E-state index contributed by atoms with van der Waals surface area (Å²) >= 11 is 0. The van der Waals surface area contributed by atoms with E-state index in [1.54, 1.807) is 6.08 Å². The normalized spacial score (nSPS) is 13.0. The Hall–Kier alpha value is -2.87. The third-order valence-corrected chi connectivity index (χ3v) is 2.65. The maximum Gasteiger partial charge on any atom is 0.328 e. The molecule has 2 nitrogen and oxygen atoms in total. The SMILES string of the molecule is C/C=C/C=C/C=C/C=C/c1ccccc1/C=C/C=C/C(=O)O. The quantitative estimate of drug-likeness (QED) is 0.564. The van der Waals surface area contributed by atoms with E-state index in [-0.39, 0.29) is 0 Å². The van der Waals surface area contributed by atoms with Gasteiger partial charge < -0.3 is 5.11 Å². The monoisotopic (exact) mass is 292 g/mol. The Balaban J connectivity index is 2.73. The van der Waals surface area contributed by atoms with Crippen LogP contribution in [0.3, 0.4) is 0 Å². The molecular formula is C20H20O2. The average Bonchev–Trinajstić information content (AvgIpc) is 2.51. The number of rotatable bonds is 7. The number of benzene rings is 1. The standard InChI is InChI=1S/C20H20O2/c1-2-3-4-5-6-7-8-13-18-14-9-10-15-19(18)16-11-12-17-20(21)22/h2-17H,1H3,(H,21,22)/b3-2+,5-4+,7-6+,13-8+,16-11+,17-12+. The van der Waals surface area contributed by atoms with Crippen LogP contribution >= 0.6 is 0 Å². The number of carbonyl (C=O) groups is 1. The fraction of sp³-hybridized carbons (Fsp3) is 0.0500. The Labute approximate surface area is 131 Å². The summed E-state index contributed by atoms with van der Waals surface area (Å²) in [5.41, 5.74) is 2.11. The highest BCUT2D eigenvalue weighted by Crippen LogP contribution is 2.12. The van der Waals surface area contributed by atoms with Gasteiger partial charge in [0, 0.05) is 6.08 Å². The zero-order valence-electron chi connectivity index (χ0n) is 12.6. The smallest absolute Gasteiger partial charge is 0.328 e. The topological polar surface area (TPSA) is 37.3 Å². The molecule has 0 bridgehead atoms. The van der Waals surface area contributed by atoms with Gasteiger partial charge in [0.2, 0.25) is 0 Å². The molecular weight excluding hydrogens is 272 g/mol. The molecule has 0 unspecified atom stereocenters. The fourth-order valence-corrected chi connectivity index (χ4v) is 1.64. The van der Waals surface area contributed by atoms with Gasteiger partial charge in [0.1, 0.15) is 0 Å². The molecule has 0 atom stereocenters. The van der Waals surface area contributed by atoms with Crippen molar-refractivity contribution in [2.24, 2.45) is 0 Å². The Morgan fingerprint density at radius 2 is 1.32 bits per heavy atom. The van der Waals surface area contributed by atoms with Gasteiger partial charge in [-0.15, -0.1) is 0 Å². The average molecular weight is 292 g/mol. The van der Waals surface area contributed by atoms with Crippen LogP contribution in [0.25, 0.3) is 12.2 Å². The van der Waals surface area contributed by atoms with E-state index in [1.807, 2.05) is 85.9 Å². The molecule has 0 spiro atoms. The molecule has 0 saturated carbocycles. The minimum absolute atomic E-state index is 0.950. The molecule has 0 aliphatic rings. The first-order chi connectivity index (χ1) is 10.7. The Morgan fingerprint density at radius 3 is 1.86 bits per heavy atom. The highest BCUT2D eigenvalue weighted by Gasteiger charge is 1.92. The van der Waals surface area contributed by atoms with E-state index in [9.17, 15) is 4.79 Å². The molecule has 112 valence electrons. The van der Waals surface area contributed by atoms with Crippen molar-refractivity contribution in [3.05, 3.63) is 96.2 Å². The molecule has 0 saturated heterocycles. The summed E-state index contributed by atoms with van der Waals surface area (Å²) in [7, 11) is 0. The second-order valence-corrected chi connectivity index (χ2v) is 4.34. The molecule has 1 aromatic rings. The molecule has 1 rings (SSSR count). The van der Waals surface area contributed by atoms with Crippen molar-refractivity contribution < 1.29 is 9.90 Å². The third kappa shape index (κ3) is 7.65. The summed E-state index contributed by atoms with van der Waals surface area (Å²) in [5.74, 6) is -0.950. The molecule has 1 N–H and O–H groups in total. The number of hydrogen-bond donors (Lipinski definition) is 1. The summed E-state index contributed by atoms with van der Waals surface area (Å²) in [6, 6.07) is 7.92. The van der Waals surface area contributed by atoms with Gasteiger partial charge in [-0.3, -0.25) is 0 Å². The van der Waals surface area contributed by atoms with Crippen LogP contribution < -0.4 is 0 Å². The summed E-state index contributed by atoms with van der Waals surface area (Å²) in [6.45, 7) is 1.98. The van der Waals surface area contributed by atoms with E-state index in [2.05, 4.69) is 0 Å². The molecule has 0 aromatic heterocycles. The zero-order chi connectivity index (χ0) is 16.0. The van der Waals surface area contributed by atoms with Gasteiger partial charge in [-0.25, -0.2) is 4.79 Å². The predicted octanol–water partition coefficient (Wildman–Crippen LogP) is 5.04. The van der Waals surface area contributed by atoms with Crippen LogP contribution in [-0.2, 0) is 4.79 Å². The van der Waals surface area contributed by atoms with Gasteiger partial charge in [0.15, 0.2) is 0 Å². The van der Waals surface area contributed by atoms with Gasteiger partial charge in [0.05, 0.1) is 0 Å². The van der Waals surface area contributed by atoms with E-state index in [1.165, 1.54) is 6.08 Å². The van der Waals surface area contributed by atoms with Crippen molar-refractivity contribution in [2.75, 3.05) is 0 Å². The van der Waals surface area contributed by atoms with Gasteiger partial charge in [-0.1, -0.05) is 91.1 Å². The highest BCUT2D eigenvalue weighted by molar-refractivity contribution is 5.80. The Bertz CT molecular complexity index is 641. The zero-order valence-corrected chi connectivity index (χ0v) is 12.6. The maximum atomic E-state index is 10.4. The summed E-state index contributed by atoms with van der Waals surface area (Å²) < 4.78 is 0. The van der Waals surface area contributed by atoms with Crippen molar-refractivity contribution in [1.29, 1.82) is 0 Å². The number of hydrogen-bond acceptors (Lipinski definition) is 1. The van der Waals surface area contributed by atoms with Crippen molar-refractivity contribution in [1.82, 2.24) is 0 Å². The minimum Gasteiger partial charge on any atom is -0.478 e. The van der Waals surface area contributed by atoms with E-state index in [0.29, 0.717) is 0 Å². The van der Waals surface area contributed by atoms with Crippen LogP contribution in [0, 0.1) is 0 Å². The van der Waals surface area contributed by atoms with E-state index >= 15 is 0 Å². The van der Waals surface area contributed by atoms with Crippen LogP contribution in [-0.4, -0.2) is 11.1 Å². The highest BCUT2D eigenvalue weighted by atomic mass is 16.4. The first kappa shape index (κ1) is 17.2. The second-order valence-electron chi connectivity index (χ2n) is 4.34. The van der Waals surface area contributed by atoms with Crippen LogP contribution in [0.5, 0.6) is 0 Å². The lowest BCUT2D eigenvalue weighted by molar-refractivity contribution is -0.131. The number of carboxylic acid groups (broad SMARTS) is 1. The van der Waals surface area contributed by atoms with Gasteiger partial charge in [-0.2, -0.15) is 0 Å². The number of allylic oxidation sites excluding steroid dienone is 9. The van der Waals surface area contributed by atoms with Crippen LogP contribution in [0.4, 0.5) is 0 Å². The van der Waals surface area contributed by atoms with Crippen LogP contribution in [0.1, 0.15) is 18.1 Å². The van der Waals surface area contributed by atoms with Crippen LogP contribution in [0.15, 0.2) is 85.0 Å². The minimum atomic E-state index is -0.950. The van der Waals surface area contributed by atoms with E-state index < -0.39 is 5.97 Å². The maximum absolute atomic E-state index is 10.4. The lowest BCUT2D eigenvalue weighted by Crippen LogP contribution is -1.84. The largest absolute Gasteiger partial charge is 0.478 e. The second kappa shape index (κ2) is 10.9. The molecule has 0 fully saturated rings. The summed E-state index contributed by atoms with van der Waals surface area (Å²) in [4.78, 5) is 10.4. The first-order valence-corrected chi connectivity index (χ1v) is 7.03. The molecule has 0 heterocycles. The molecule has 0 aliphatic heterocycles. The molecule has 22 heavy (non-hydrogen) atoms. The summed E-state index contributed by atoms with van der Waals surface area (Å²) in [6.07, 6.45) is 22.0. The van der Waals surface area contributed by atoms with Crippen molar-refractivity contribution >= 4 is 18.1 Å². The summed E-state index contributed by atoms with van der Waals surface area (Å²) in [5, 5.41) is 8.54. The third-order valence-electron chi connectivity index (χ3n) is 2.65. The number of aliphatic carboxylic acids is 1. The molecule has 0 radical (unpaired) electrons. The molecule has 1 aromatic carbocycles. The van der Waals surface area contributed by atoms with Crippen LogP contribution in [0.2, 0.25) is 0 Å². The van der Waals surface area contributed by atoms with E-state index in [0.717, 1.165) is 17.2 Å². The first-order valence-electron chi connectivity index (χ1n) is 7.03. The van der Waals surface area contributed by atoms with E-state index in [4.69, 9.17) is 5.11 Å². The van der Waals surface area contributed by atoms with Crippen molar-refractivity contribution in [3.8, 4) is 0 Å². The molecule has 2 heteroatoms. The fourth-order valence-electron chi connectivity index (χ4n) is 1.64.